The Morgan fingerprint density at radius 1 is 1.09 bits per heavy atom. The number of esters is 2. The number of hydrogen-bond donors (Lipinski definition) is 0. The fraction of sp³-hybridized carbons (Fsp3) is 0.684. The first-order valence-electron chi connectivity index (χ1n) is 8.60. The van der Waals surface area contributed by atoms with Crippen molar-refractivity contribution in [2.24, 2.45) is 16.7 Å². The Morgan fingerprint density at radius 3 is 2.35 bits per heavy atom. The monoisotopic (exact) mass is 318 g/mol. The highest BCUT2D eigenvalue weighted by Gasteiger charge is 2.55. The Bertz CT molecular complexity index is 536. The first kappa shape index (κ1) is 16.3. The van der Waals surface area contributed by atoms with E-state index in [4.69, 9.17) is 9.47 Å². The predicted molar refractivity (Wildman–Crippen MR) is 86.5 cm³/mol. The van der Waals surface area contributed by atoms with Crippen LogP contribution in [0.5, 0.6) is 0 Å². The van der Waals surface area contributed by atoms with E-state index in [0.717, 1.165) is 6.42 Å². The molecular formula is C19H26O4. The van der Waals surface area contributed by atoms with E-state index in [0.29, 0.717) is 12.8 Å². The van der Waals surface area contributed by atoms with Gasteiger partial charge in [0, 0.05) is 0 Å². The van der Waals surface area contributed by atoms with Gasteiger partial charge in [0.05, 0.1) is 14.2 Å². The molecule has 0 heterocycles. The highest BCUT2D eigenvalue weighted by Crippen LogP contribution is 2.52. The van der Waals surface area contributed by atoms with Crippen molar-refractivity contribution in [2.75, 3.05) is 14.2 Å². The molecule has 0 amide bonds. The second kappa shape index (κ2) is 6.14. The molecule has 0 aromatic carbocycles. The Balaban J connectivity index is 1.95. The normalized spacial score (nSPS) is 27.7. The molecule has 0 saturated heterocycles. The molecule has 3 aliphatic rings. The van der Waals surface area contributed by atoms with Gasteiger partial charge in [-0.25, -0.2) is 0 Å². The van der Waals surface area contributed by atoms with Crippen molar-refractivity contribution in [3.8, 4) is 0 Å². The van der Waals surface area contributed by atoms with Crippen molar-refractivity contribution in [1.82, 2.24) is 0 Å². The van der Waals surface area contributed by atoms with Gasteiger partial charge in [-0.2, -0.15) is 0 Å². The van der Waals surface area contributed by atoms with Crippen molar-refractivity contribution in [1.29, 1.82) is 0 Å². The number of rotatable bonds is 2. The molecule has 3 aliphatic carbocycles. The Hall–Kier alpha value is -1.58. The minimum Gasteiger partial charge on any atom is -0.468 e. The van der Waals surface area contributed by atoms with Gasteiger partial charge in [-0.15, -0.1) is 0 Å². The van der Waals surface area contributed by atoms with Crippen molar-refractivity contribution in [3.05, 3.63) is 23.8 Å². The van der Waals surface area contributed by atoms with Crippen molar-refractivity contribution in [3.63, 3.8) is 0 Å². The summed E-state index contributed by atoms with van der Waals surface area (Å²) in [5.74, 6) is -0.789. The van der Waals surface area contributed by atoms with Gasteiger partial charge >= 0.3 is 11.9 Å². The second-order valence-corrected chi connectivity index (χ2v) is 7.33. The van der Waals surface area contributed by atoms with Gasteiger partial charge in [0.25, 0.3) is 0 Å². The van der Waals surface area contributed by atoms with Crippen LogP contribution in [0.25, 0.3) is 0 Å². The molecule has 2 fully saturated rings. The number of methoxy groups -OCH3 is 2. The largest absolute Gasteiger partial charge is 0.468 e. The molecule has 23 heavy (non-hydrogen) atoms. The summed E-state index contributed by atoms with van der Waals surface area (Å²) in [4.78, 5) is 24.7. The van der Waals surface area contributed by atoms with Crippen molar-refractivity contribution < 1.29 is 19.1 Å². The summed E-state index contributed by atoms with van der Waals surface area (Å²) in [6.07, 6.45) is 15.1. The van der Waals surface area contributed by atoms with E-state index >= 15 is 0 Å². The number of carbonyl (C=O) groups excluding carboxylic acids is 2. The number of allylic oxidation sites excluding steroid dienone is 4. The van der Waals surface area contributed by atoms with Gasteiger partial charge in [0.15, 0.2) is 5.41 Å². The lowest BCUT2D eigenvalue weighted by Crippen LogP contribution is -2.39. The summed E-state index contributed by atoms with van der Waals surface area (Å²) >= 11 is 0. The summed E-state index contributed by atoms with van der Waals surface area (Å²) in [6.45, 7) is 0. The lowest BCUT2D eigenvalue weighted by Gasteiger charge is -2.34. The zero-order valence-electron chi connectivity index (χ0n) is 14.1. The van der Waals surface area contributed by atoms with Crippen LogP contribution in [0, 0.1) is 16.7 Å². The van der Waals surface area contributed by atoms with E-state index in [9.17, 15) is 9.59 Å². The SMILES string of the molecule is COC(=O)C1(C(=O)OC)CC2=CC3(CC=C[C@@H]2C1)CCCCC3. The molecule has 126 valence electrons. The Morgan fingerprint density at radius 2 is 1.74 bits per heavy atom. The Labute approximate surface area is 137 Å². The van der Waals surface area contributed by atoms with E-state index in [1.54, 1.807) is 0 Å². The van der Waals surface area contributed by atoms with Gasteiger partial charge in [0.1, 0.15) is 0 Å². The summed E-state index contributed by atoms with van der Waals surface area (Å²) in [5.41, 5.74) is 0.273. The third kappa shape index (κ3) is 2.73. The molecule has 4 heteroatoms. The summed E-state index contributed by atoms with van der Waals surface area (Å²) in [7, 11) is 2.68. The predicted octanol–water partition coefficient (Wildman–Crippen LogP) is 3.57. The van der Waals surface area contributed by atoms with Gasteiger partial charge in [-0.1, -0.05) is 43.1 Å². The Kier molecular flexibility index (Phi) is 4.35. The maximum absolute atomic E-state index is 12.4. The molecule has 1 atom stereocenters. The van der Waals surface area contributed by atoms with Gasteiger partial charge in [-0.05, 0) is 43.4 Å². The van der Waals surface area contributed by atoms with Crippen molar-refractivity contribution in [2.45, 2.75) is 51.4 Å². The average molecular weight is 318 g/mol. The molecule has 0 N–H and O–H groups in total. The topological polar surface area (TPSA) is 52.6 Å². The lowest BCUT2D eigenvalue weighted by atomic mass is 9.71. The van der Waals surface area contributed by atoms with Crippen LogP contribution in [0.1, 0.15) is 51.4 Å². The third-order valence-corrected chi connectivity index (χ3v) is 5.94. The average Bonchev–Trinajstić information content (AvgIpc) is 2.85. The van der Waals surface area contributed by atoms with E-state index in [2.05, 4.69) is 18.2 Å². The summed E-state index contributed by atoms with van der Waals surface area (Å²) in [5, 5.41) is 0. The molecule has 0 bridgehead atoms. The molecule has 0 radical (unpaired) electrons. The molecule has 4 nitrogen and oxygen atoms in total. The minimum absolute atomic E-state index is 0.148. The number of carbonyl (C=O) groups is 2. The van der Waals surface area contributed by atoms with Crippen LogP contribution >= 0.6 is 0 Å². The van der Waals surface area contributed by atoms with Crippen LogP contribution in [0.3, 0.4) is 0 Å². The fourth-order valence-corrected chi connectivity index (χ4v) is 4.72. The quantitative estimate of drug-likeness (QED) is 0.444. The number of fused-ring (bicyclic) bond motifs is 1. The van der Waals surface area contributed by atoms with Crippen LogP contribution in [0.2, 0.25) is 0 Å². The molecular weight excluding hydrogens is 292 g/mol. The van der Waals surface area contributed by atoms with E-state index < -0.39 is 17.4 Å². The highest BCUT2D eigenvalue weighted by molar-refractivity contribution is 6.01. The molecule has 0 aliphatic heterocycles. The summed E-state index contributed by atoms with van der Waals surface area (Å²) < 4.78 is 9.89. The van der Waals surface area contributed by atoms with Crippen LogP contribution in [-0.2, 0) is 19.1 Å². The fourth-order valence-electron chi connectivity index (χ4n) is 4.72. The van der Waals surface area contributed by atoms with Gasteiger partial charge in [0.2, 0.25) is 0 Å². The molecule has 0 aromatic heterocycles. The minimum atomic E-state index is -1.17. The molecule has 1 spiro atoms. The van der Waals surface area contributed by atoms with Crippen LogP contribution in [0.4, 0.5) is 0 Å². The number of hydrogen-bond acceptors (Lipinski definition) is 4. The van der Waals surface area contributed by atoms with Gasteiger partial charge in [-0.3, -0.25) is 9.59 Å². The summed E-state index contributed by atoms with van der Waals surface area (Å²) in [6, 6.07) is 0. The molecule has 0 aromatic rings. The second-order valence-electron chi connectivity index (χ2n) is 7.33. The standard InChI is InChI=1S/C19H26O4/c1-22-16(20)19(17(21)23-2)12-14-7-6-10-18(11-15(14)13-19)8-4-3-5-9-18/h6-7,11,14H,3-5,8-10,12-13H2,1-2H3/t14-/m1/s1. The van der Waals surface area contributed by atoms with E-state index in [1.807, 2.05) is 0 Å². The first-order chi connectivity index (χ1) is 11.1. The van der Waals surface area contributed by atoms with E-state index in [-0.39, 0.29) is 11.3 Å². The third-order valence-electron chi connectivity index (χ3n) is 5.94. The molecule has 0 unspecified atom stereocenters. The smallest absolute Gasteiger partial charge is 0.323 e. The lowest BCUT2D eigenvalue weighted by molar-refractivity contribution is -0.168. The highest BCUT2D eigenvalue weighted by atomic mass is 16.5. The zero-order chi connectivity index (χ0) is 16.5. The van der Waals surface area contributed by atoms with Crippen LogP contribution < -0.4 is 0 Å². The molecule has 3 rings (SSSR count). The van der Waals surface area contributed by atoms with E-state index in [1.165, 1.54) is 51.9 Å². The van der Waals surface area contributed by atoms with Crippen LogP contribution in [-0.4, -0.2) is 26.2 Å². The number of ether oxygens (including phenoxy) is 2. The zero-order valence-corrected chi connectivity index (χ0v) is 14.1. The van der Waals surface area contributed by atoms with Crippen molar-refractivity contribution >= 4 is 11.9 Å². The van der Waals surface area contributed by atoms with Gasteiger partial charge < -0.3 is 9.47 Å². The molecule has 2 saturated carbocycles. The maximum Gasteiger partial charge on any atom is 0.323 e. The maximum atomic E-state index is 12.4. The van der Waals surface area contributed by atoms with Crippen LogP contribution in [0.15, 0.2) is 23.8 Å². The first-order valence-corrected chi connectivity index (χ1v) is 8.60.